The van der Waals surface area contributed by atoms with Crippen LogP contribution in [-0.2, 0) is 4.79 Å². The number of benzene rings is 1. The van der Waals surface area contributed by atoms with Crippen LogP contribution in [0, 0.1) is 0 Å². The highest BCUT2D eigenvalue weighted by Crippen LogP contribution is 2.56. The maximum atomic E-state index is 14.7. The molecule has 0 aliphatic heterocycles. The summed E-state index contributed by atoms with van der Waals surface area (Å²) in [5.41, 5.74) is -0.00112. The molecule has 0 radical (unpaired) electrons. The van der Waals surface area contributed by atoms with E-state index in [0.29, 0.717) is 12.1 Å². The normalized spacial score (nSPS) is 22.1. The molecule has 7 heteroatoms. The highest BCUT2D eigenvalue weighted by molar-refractivity contribution is 9.13. The van der Waals surface area contributed by atoms with Crippen molar-refractivity contribution in [2.45, 2.75) is 18.0 Å². The lowest BCUT2D eigenvalue weighted by Crippen LogP contribution is -2.08. The largest absolute Gasteiger partial charge is 0.320 e. The molecule has 3 rings (SSSR count). The van der Waals surface area contributed by atoms with E-state index in [1.165, 1.54) is 24.4 Å². The quantitative estimate of drug-likeness (QED) is 0.301. The predicted molar refractivity (Wildman–Crippen MR) is 109 cm³/mol. The van der Waals surface area contributed by atoms with Crippen molar-refractivity contribution in [2.24, 2.45) is 0 Å². The Balaban J connectivity index is 1.57. The van der Waals surface area contributed by atoms with Crippen molar-refractivity contribution in [1.82, 2.24) is 4.98 Å². The van der Waals surface area contributed by atoms with Crippen molar-refractivity contribution in [3.05, 3.63) is 80.5 Å². The molecule has 1 aliphatic carbocycles. The molecular weight excluding hydrogens is 486 g/mol. The van der Waals surface area contributed by atoms with Gasteiger partial charge in [0.2, 0.25) is 5.91 Å². The number of hydrogen-bond donors (Lipinski definition) is 1. The summed E-state index contributed by atoms with van der Waals surface area (Å²) in [5, 5.41) is 2.83. The molecule has 0 spiro atoms. The van der Waals surface area contributed by atoms with Crippen LogP contribution in [0.5, 0.6) is 0 Å². The van der Waals surface area contributed by atoms with E-state index in [9.17, 15) is 9.18 Å². The van der Waals surface area contributed by atoms with Gasteiger partial charge in [0.05, 0.1) is 5.69 Å². The first-order valence-corrected chi connectivity index (χ1v) is 9.77. The minimum absolute atomic E-state index is 0.167. The lowest BCUT2D eigenvalue weighted by Gasteiger charge is -2.04. The van der Waals surface area contributed by atoms with Crippen LogP contribution in [0.1, 0.15) is 17.9 Å². The van der Waals surface area contributed by atoms with Gasteiger partial charge in [-0.2, -0.15) is 0 Å². The first kappa shape index (κ1) is 19.3. The number of nitrogens with one attached hydrogen (secondary N) is 1. The number of rotatable bonds is 5. The van der Waals surface area contributed by atoms with Gasteiger partial charge in [-0.15, -0.1) is 0 Å². The fourth-order valence-electron chi connectivity index (χ4n) is 2.57. The molecule has 1 saturated carbocycles. The zero-order chi connectivity index (χ0) is 18.7. The van der Waals surface area contributed by atoms with Crippen LogP contribution < -0.4 is 5.32 Å². The lowest BCUT2D eigenvalue weighted by atomic mass is 10.1. The zero-order valence-corrected chi connectivity index (χ0v) is 17.4. The Morgan fingerprint density at radius 2 is 2.12 bits per heavy atom. The molecule has 0 saturated heterocycles. The number of carbonyl (C=O) groups is 1. The number of pyridine rings is 1. The minimum Gasteiger partial charge on any atom is -0.320 e. The van der Waals surface area contributed by atoms with Gasteiger partial charge in [-0.3, -0.25) is 4.79 Å². The Labute approximate surface area is 172 Å². The zero-order valence-electron chi connectivity index (χ0n) is 13.4. The summed E-state index contributed by atoms with van der Waals surface area (Å²) in [4.78, 5) is 15.7. The van der Waals surface area contributed by atoms with Gasteiger partial charge < -0.3 is 5.32 Å². The first-order valence-electron chi connectivity index (χ1n) is 7.80. The van der Waals surface area contributed by atoms with Crippen molar-refractivity contribution in [2.75, 3.05) is 5.32 Å². The third-order valence-corrected chi connectivity index (χ3v) is 6.21. The SMILES string of the molecule is O=C(/C=C/C=C/C1(F)CC1c1ccc(Br)c(Br)c1)Nc1cccnc1Cl. The van der Waals surface area contributed by atoms with Crippen LogP contribution in [0.15, 0.2) is 69.8 Å². The smallest absolute Gasteiger partial charge is 0.248 e. The summed E-state index contributed by atoms with van der Waals surface area (Å²) < 4.78 is 16.6. The van der Waals surface area contributed by atoms with E-state index < -0.39 is 5.67 Å². The van der Waals surface area contributed by atoms with Crippen LogP contribution in [0.2, 0.25) is 5.15 Å². The van der Waals surface area contributed by atoms with Crippen molar-refractivity contribution in [3.8, 4) is 0 Å². The maximum Gasteiger partial charge on any atom is 0.248 e. The molecule has 2 unspecified atom stereocenters. The van der Waals surface area contributed by atoms with E-state index in [1.807, 2.05) is 18.2 Å². The summed E-state index contributed by atoms with van der Waals surface area (Å²) in [6, 6.07) is 9.06. The second-order valence-electron chi connectivity index (χ2n) is 5.91. The second kappa shape index (κ2) is 8.03. The second-order valence-corrected chi connectivity index (χ2v) is 7.97. The van der Waals surface area contributed by atoms with Gasteiger partial charge in [0, 0.05) is 27.1 Å². The van der Waals surface area contributed by atoms with Gasteiger partial charge >= 0.3 is 0 Å². The van der Waals surface area contributed by atoms with Crippen LogP contribution >= 0.6 is 43.5 Å². The van der Waals surface area contributed by atoms with Crippen LogP contribution in [-0.4, -0.2) is 16.6 Å². The molecule has 1 amide bonds. The van der Waals surface area contributed by atoms with Crippen LogP contribution in [0.4, 0.5) is 10.1 Å². The van der Waals surface area contributed by atoms with Gasteiger partial charge in [-0.1, -0.05) is 29.8 Å². The Bertz CT molecular complexity index is 903. The standard InChI is InChI=1S/C19H14Br2ClFN2O/c20-14-7-6-12(10-15(14)21)13-11-19(13,23)8-2-1-5-17(26)25-16-4-3-9-24-18(16)22/h1-10,13H,11H2,(H,25,26)/b5-1+,8-2+. The molecule has 134 valence electrons. The fourth-order valence-corrected chi connectivity index (χ4v) is 3.38. The Hall–Kier alpha value is -1.50. The number of anilines is 1. The molecule has 1 aromatic heterocycles. The summed E-state index contributed by atoms with van der Waals surface area (Å²) in [7, 11) is 0. The maximum absolute atomic E-state index is 14.7. The highest BCUT2D eigenvalue weighted by atomic mass is 79.9. The van der Waals surface area contributed by atoms with E-state index in [4.69, 9.17) is 11.6 Å². The summed E-state index contributed by atoms with van der Waals surface area (Å²) in [6.45, 7) is 0. The number of nitrogens with zero attached hydrogens (tertiary/aromatic N) is 1. The lowest BCUT2D eigenvalue weighted by molar-refractivity contribution is -0.111. The number of hydrogen-bond acceptors (Lipinski definition) is 2. The van der Waals surface area contributed by atoms with Gasteiger partial charge in [-0.05, 0) is 74.2 Å². The summed E-state index contributed by atoms with van der Waals surface area (Å²) in [6.07, 6.45) is 7.84. The van der Waals surface area contributed by atoms with Crippen molar-refractivity contribution in [1.29, 1.82) is 0 Å². The first-order chi connectivity index (χ1) is 12.4. The summed E-state index contributed by atoms with van der Waals surface area (Å²) >= 11 is 12.7. The van der Waals surface area contributed by atoms with Crippen molar-refractivity contribution < 1.29 is 9.18 Å². The molecule has 1 N–H and O–H groups in total. The van der Waals surface area contributed by atoms with E-state index in [0.717, 1.165) is 14.5 Å². The Kier molecular flexibility index (Phi) is 5.95. The predicted octanol–water partition coefficient (Wildman–Crippen LogP) is 6.21. The van der Waals surface area contributed by atoms with Gasteiger partial charge in [0.1, 0.15) is 5.67 Å². The molecular formula is C19H14Br2ClFN2O. The fraction of sp³-hybridized carbons (Fsp3) is 0.158. The molecule has 2 aromatic rings. The van der Waals surface area contributed by atoms with E-state index >= 15 is 0 Å². The number of carbonyl (C=O) groups excluding carboxylic acids is 1. The topological polar surface area (TPSA) is 42.0 Å². The van der Waals surface area contributed by atoms with Gasteiger partial charge in [0.15, 0.2) is 5.15 Å². The minimum atomic E-state index is -1.37. The Morgan fingerprint density at radius 1 is 1.31 bits per heavy atom. The number of alkyl halides is 1. The van der Waals surface area contributed by atoms with Crippen molar-refractivity contribution in [3.63, 3.8) is 0 Å². The average Bonchev–Trinajstić information content (AvgIpc) is 3.28. The Morgan fingerprint density at radius 3 is 2.85 bits per heavy atom. The van der Waals surface area contributed by atoms with Gasteiger partial charge in [0.25, 0.3) is 0 Å². The number of aromatic nitrogens is 1. The monoisotopic (exact) mass is 498 g/mol. The average molecular weight is 501 g/mol. The molecule has 0 bridgehead atoms. The van der Waals surface area contributed by atoms with Crippen LogP contribution in [0.3, 0.4) is 0 Å². The van der Waals surface area contributed by atoms with E-state index in [2.05, 4.69) is 42.2 Å². The molecule has 1 aliphatic rings. The molecule has 3 nitrogen and oxygen atoms in total. The number of halogens is 4. The third-order valence-electron chi connectivity index (χ3n) is 4.03. The highest BCUT2D eigenvalue weighted by Gasteiger charge is 2.54. The molecule has 26 heavy (non-hydrogen) atoms. The summed E-state index contributed by atoms with van der Waals surface area (Å²) in [5.74, 6) is -0.527. The van der Waals surface area contributed by atoms with Gasteiger partial charge in [-0.25, -0.2) is 9.37 Å². The molecule has 1 aromatic carbocycles. The molecule has 1 heterocycles. The molecule has 1 fully saturated rings. The van der Waals surface area contributed by atoms with Crippen LogP contribution in [0.25, 0.3) is 0 Å². The third kappa shape index (κ3) is 4.61. The number of amides is 1. The van der Waals surface area contributed by atoms with E-state index in [1.54, 1.807) is 18.2 Å². The number of allylic oxidation sites excluding steroid dienone is 3. The van der Waals surface area contributed by atoms with E-state index in [-0.39, 0.29) is 17.0 Å². The molecule has 2 atom stereocenters. The van der Waals surface area contributed by atoms with Crippen molar-refractivity contribution >= 4 is 55.1 Å².